The molecule has 0 heterocycles. The van der Waals surface area contributed by atoms with Crippen LogP contribution in [0.1, 0.15) is 48.7 Å². The Morgan fingerprint density at radius 3 is 2.42 bits per heavy atom. The summed E-state index contributed by atoms with van der Waals surface area (Å²) < 4.78 is 5.44. The molecule has 0 radical (unpaired) electrons. The largest absolute Gasteiger partial charge is 0.460 e. The minimum atomic E-state index is -0.443. The molecule has 26 heavy (non-hydrogen) atoms. The van der Waals surface area contributed by atoms with E-state index in [4.69, 9.17) is 10.5 Å². The summed E-state index contributed by atoms with van der Waals surface area (Å²) in [5.74, 6) is -0.276. The first kappa shape index (κ1) is 18.2. The number of nitrogens with two attached hydrogens (primary N) is 1. The first-order valence-electron chi connectivity index (χ1n) is 8.95. The lowest BCUT2D eigenvalue weighted by molar-refractivity contribution is -0.155. The van der Waals surface area contributed by atoms with Crippen molar-refractivity contribution in [3.05, 3.63) is 59.2 Å². The lowest BCUT2D eigenvalue weighted by Gasteiger charge is -2.20. The molecule has 2 aromatic rings. The summed E-state index contributed by atoms with van der Waals surface area (Å²) in [5.41, 5.74) is 10.0. The van der Waals surface area contributed by atoms with Crippen molar-refractivity contribution in [2.75, 3.05) is 0 Å². The highest BCUT2D eigenvalue weighted by molar-refractivity contribution is 5.94. The smallest absolute Gasteiger partial charge is 0.306 e. The maximum absolute atomic E-state index is 12.1. The number of esters is 1. The zero-order chi connectivity index (χ0) is 18.9. The fraction of sp³-hybridized carbons (Fsp3) is 0.364. The van der Waals surface area contributed by atoms with Gasteiger partial charge in [0.1, 0.15) is 5.60 Å². The second kappa shape index (κ2) is 6.94. The summed E-state index contributed by atoms with van der Waals surface area (Å²) in [4.78, 5) is 23.5. The van der Waals surface area contributed by atoms with E-state index in [9.17, 15) is 9.59 Å². The van der Waals surface area contributed by atoms with Crippen molar-refractivity contribution in [2.45, 2.75) is 45.6 Å². The molecule has 0 saturated carbocycles. The Bertz CT molecular complexity index is 849. The maximum Gasteiger partial charge on any atom is 0.306 e. The van der Waals surface area contributed by atoms with Crippen LogP contribution in [0.2, 0.25) is 0 Å². The van der Waals surface area contributed by atoms with Crippen LogP contribution in [0, 0.1) is 5.92 Å². The molecule has 1 unspecified atom stereocenters. The monoisotopic (exact) mass is 351 g/mol. The summed E-state index contributed by atoms with van der Waals surface area (Å²) in [5, 5.41) is 0. The predicted octanol–water partition coefficient (Wildman–Crippen LogP) is 3.90. The predicted molar refractivity (Wildman–Crippen MR) is 102 cm³/mol. The highest BCUT2D eigenvalue weighted by Crippen LogP contribution is 2.33. The van der Waals surface area contributed by atoms with Gasteiger partial charge >= 0.3 is 5.97 Å². The zero-order valence-electron chi connectivity index (χ0n) is 15.5. The van der Waals surface area contributed by atoms with Gasteiger partial charge in [0.2, 0.25) is 5.91 Å². The van der Waals surface area contributed by atoms with Gasteiger partial charge in [0.15, 0.2) is 0 Å². The second-order valence-corrected chi connectivity index (χ2v) is 7.99. The van der Waals surface area contributed by atoms with Crippen molar-refractivity contribution >= 4 is 11.9 Å². The fourth-order valence-electron chi connectivity index (χ4n) is 3.50. The highest BCUT2D eigenvalue weighted by atomic mass is 16.6. The Morgan fingerprint density at radius 2 is 1.73 bits per heavy atom. The molecule has 4 nitrogen and oxygen atoms in total. The van der Waals surface area contributed by atoms with E-state index in [0.29, 0.717) is 12.0 Å². The van der Waals surface area contributed by atoms with E-state index in [2.05, 4.69) is 18.2 Å². The molecule has 1 atom stereocenters. The van der Waals surface area contributed by atoms with Crippen LogP contribution in [0.3, 0.4) is 0 Å². The van der Waals surface area contributed by atoms with Crippen molar-refractivity contribution in [3.63, 3.8) is 0 Å². The molecule has 0 spiro atoms. The molecular weight excluding hydrogens is 326 g/mol. The maximum atomic E-state index is 12.1. The molecule has 1 aliphatic rings. The minimum absolute atomic E-state index is 0.135. The van der Waals surface area contributed by atoms with Gasteiger partial charge in [-0.25, -0.2) is 0 Å². The minimum Gasteiger partial charge on any atom is -0.460 e. The number of amides is 1. The van der Waals surface area contributed by atoms with Crippen LogP contribution >= 0.6 is 0 Å². The Hall–Kier alpha value is -2.62. The molecule has 1 aliphatic carbocycles. The Balaban J connectivity index is 1.73. The van der Waals surface area contributed by atoms with Gasteiger partial charge in [0.05, 0.1) is 0 Å². The van der Waals surface area contributed by atoms with Crippen LogP contribution in [-0.2, 0) is 22.4 Å². The first-order chi connectivity index (χ1) is 12.2. The average Bonchev–Trinajstić information content (AvgIpc) is 2.94. The number of carbonyl (C=O) groups excluding carboxylic acids is 2. The quantitative estimate of drug-likeness (QED) is 0.849. The van der Waals surface area contributed by atoms with Crippen molar-refractivity contribution in [1.82, 2.24) is 0 Å². The number of ether oxygens (including phenoxy) is 1. The molecule has 0 aliphatic heterocycles. The Labute approximate surface area is 154 Å². The molecule has 4 heteroatoms. The summed E-state index contributed by atoms with van der Waals surface area (Å²) in [6.45, 7) is 5.67. The van der Waals surface area contributed by atoms with E-state index in [0.717, 1.165) is 24.0 Å². The number of fused-ring (bicyclic) bond motifs is 1. The van der Waals surface area contributed by atoms with E-state index in [1.165, 1.54) is 11.1 Å². The summed E-state index contributed by atoms with van der Waals surface area (Å²) >= 11 is 0. The lowest BCUT2D eigenvalue weighted by atomic mass is 9.99. The number of carbonyl (C=O) groups is 2. The lowest BCUT2D eigenvalue weighted by Crippen LogP contribution is -2.25. The van der Waals surface area contributed by atoms with Crippen LogP contribution in [0.15, 0.2) is 42.5 Å². The number of primary amides is 1. The second-order valence-electron chi connectivity index (χ2n) is 7.99. The van der Waals surface area contributed by atoms with E-state index >= 15 is 0 Å². The van der Waals surface area contributed by atoms with E-state index < -0.39 is 11.5 Å². The zero-order valence-corrected chi connectivity index (χ0v) is 15.5. The van der Waals surface area contributed by atoms with E-state index in [-0.39, 0.29) is 11.9 Å². The first-order valence-corrected chi connectivity index (χ1v) is 8.95. The van der Waals surface area contributed by atoms with Crippen LogP contribution in [0.5, 0.6) is 0 Å². The highest BCUT2D eigenvalue weighted by Gasteiger charge is 2.26. The topological polar surface area (TPSA) is 69.4 Å². The fourth-order valence-corrected chi connectivity index (χ4v) is 3.50. The Morgan fingerprint density at radius 1 is 1.04 bits per heavy atom. The van der Waals surface area contributed by atoms with Gasteiger partial charge in [-0.1, -0.05) is 30.3 Å². The third-order valence-corrected chi connectivity index (χ3v) is 4.58. The van der Waals surface area contributed by atoms with Gasteiger partial charge in [-0.15, -0.1) is 0 Å². The van der Waals surface area contributed by atoms with Crippen molar-refractivity contribution in [1.29, 1.82) is 0 Å². The molecule has 3 rings (SSSR count). The molecule has 0 fully saturated rings. The van der Waals surface area contributed by atoms with Gasteiger partial charge in [-0.3, -0.25) is 9.59 Å². The van der Waals surface area contributed by atoms with Crippen molar-refractivity contribution in [3.8, 4) is 11.1 Å². The van der Waals surface area contributed by atoms with Gasteiger partial charge < -0.3 is 10.5 Å². The standard InChI is InChI=1S/C22H25NO3/c1-22(2,3)26-20(24)11-14-9-16-7-8-17(13-19(16)10-14)15-5-4-6-18(12-15)21(23)25/h4-8,12-14H,9-11H2,1-3H3,(H2,23,25). The molecule has 1 amide bonds. The molecule has 0 saturated heterocycles. The van der Waals surface area contributed by atoms with Gasteiger partial charge in [0, 0.05) is 12.0 Å². The molecule has 0 bridgehead atoms. The van der Waals surface area contributed by atoms with Crippen LogP contribution in [-0.4, -0.2) is 17.5 Å². The SMILES string of the molecule is CC(C)(C)OC(=O)CC1Cc2ccc(-c3cccc(C(N)=O)c3)cc2C1. The number of benzene rings is 2. The number of hydrogen-bond acceptors (Lipinski definition) is 3. The van der Waals surface area contributed by atoms with Gasteiger partial charge in [-0.05, 0) is 73.9 Å². The number of rotatable bonds is 4. The van der Waals surface area contributed by atoms with E-state index in [1.54, 1.807) is 6.07 Å². The average molecular weight is 351 g/mol. The van der Waals surface area contributed by atoms with Crippen molar-refractivity contribution in [2.24, 2.45) is 11.7 Å². The summed E-state index contributed by atoms with van der Waals surface area (Å²) in [6, 6.07) is 13.7. The summed E-state index contributed by atoms with van der Waals surface area (Å²) in [7, 11) is 0. The van der Waals surface area contributed by atoms with Crippen molar-refractivity contribution < 1.29 is 14.3 Å². The third-order valence-electron chi connectivity index (χ3n) is 4.58. The van der Waals surface area contributed by atoms with Gasteiger partial charge in [0.25, 0.3) is 0 Å². The van der Waals surface area contributed by atoms with Crippen LogP contribution in [0.25, 0.3) is 11.1 Å². The molecular formula is C22H25NO3. The normalized spacial score (nSPS) is 16.2. The van der Waals surface area contributed by atoms with Gasteiger partial charge in [-0.2, -0.15) is 0 Å². The van der Waals surface area contributed by atoms with Crippen LogP contribution < -0.4 is 5.73 Å². The molecule has 136 valence electrons. The number of hydrogen-bond donors (Lipinski definition) is 1. The van der Waals surface area contributed by atoms with Crippen LogP contribution in [0.4, 0.5) is 0 Å². The molecule has 0 aromatic heterocycles. The molecule has 2 aromatic carbocycles. The third kappa shape index (κ3) is 4.31. The molecule has 2 N–H and O–H groups in total. The summed E-state index contributed by atoms with van der Waals surface area (Å²) in [6.07, 6.45) is 2.21. The van der Waals surface area contributed by atoms with E-state index in [1.807, 2.05) is 39.0 Å². The Kier molecular flexibility index (Phi) is 4.86.